The van der Waals surface area contributed by atoms with Gasteiger partial charge in [-0.1, -0.05) is 36.4 Å². The van der Waals surface area contributed by atoms with E-state index in [4.69, 9.17) is 4.98 Å². The number of anilines is 1. The molecule has 7 heteroatoms. The molecule has 152 valence electrons. The number of fused-ring (bicyclic) bond motifs is 1. The van der Waals surface area contributed by atoms with Gasteiger partial charge in [0.2, 0.25) is 0 Å². The standard InChI is InChI=1S/C23H22N4O2S/c1-15-19-21(25-13-11-17-8-5-12-24-14-17)26-18(10-9-16-6-3-2-4-7-16)27-22(19)30-20(15)23(28)29/h2-8,12,14H,9-11,13H2,1H3,(H,28,29)(H,25,26,27). The average molecular weight is 419 g/mol. The number of carbonyl (C=O) groups is 1. The van der Waals surface area contributed by atoms with Crippen LogP contribution in [0.4, 0.5) is 5.82 Å². The SMILES string of the molecule is Cc1c(C(=O)O)sc2nc(CCc3ccccc3)nc(NCCc3cccnc3)c12. The lowest BCUT2D eigenvalue weighted by Gasteiger charge is -2.10. The summed E-state index contributed by atoms with van der Waals surface area (Å²) in [6.45, 7) is 2.50. The molecule has 6 nitrogen and oxygen atoms in total. The van der Waals surface area contributed by atoms with E-state index in [1.54, 1.807) is 6.20 Å². The van der Waals surface area contributed by atoms with Gasteiger partial charge in [0.1, 0.15) is 21.3 Å². The molecule has 0 saturated carbocycles. The van der Waals surface area contributed by atoms with Crippen LogP contribution in [0.3, 0.4) is 0 Å². The molecule has 0 amide bonds. The van der Waals surface area contributed by atoms with Crippen LogP contribution >= 0.6 is 11.3 Å². The number of aromatic carboxylic acids is 1. The van der Waals surface area contributed by atoms with Gasteiger partial charge >= 0.3 is 5.97 Å². The molecule has 0 spiro atoms. The van der Waals surface area contributed by atoms with Crippen LogP contribution in [-0.2, 0) is 19.3 Å². The second-order valence-corrected chi connectivity index (χ2v) is 8.05. The van der Waals surface area contributed by atoms with Gasteiger partial charge in [-0.15, -0.1) is 11.3 Å². The van der Waals surface area contributed by atoms with Crippen LogP contribution in [0.15, 0.2) is 54.9 Å². The van der Waals surface area contributed by atoms with Crippen molar-refractivity contribution in [1.29, 1.82) is 0 Å². The average Bonchev–Trinajstić information content (AvgIpc) is 3.11. The molecule has 1 aromatic carbocycles. The third-order valence-electron chi connectivity index (χ3n) is 4.94. The van der Waals surface area contributed by atoms with Gasteiger partial charge in [0, 0.05) is 25.4 Å². The summed E-state index contributed by atoms with van der Waals surface area (Å²) in [5, 5.41) is 13.7. The lowest BCUT2D eigenvalue weighted by atomic mass is 10.1. The first-order valence-corrected chi connectivity index (χ1v) is 10.6. The zero-order chi connectivity index (χ0) is 20.9. The molecule has 0 unspecified atom stereocenters. The van der Waals surface area contributed by atoms with Crippen LogP contribution in [0.1, 0.15) is 32.2 Å². The van der Waals surface area contributed by atoms with Gasteiger partial charge in [0.25, 0.3) is 0 Å². The first kappa shape index (κ1) is 20.0. The van der Waals surface area contributed by atoms with Crippen LogP contribution in [0.2, 0.25) is 0 Å². The maximum Gasteiger partial charge on any atom is 0.346 e. The summed E-state index contributed by atoms with van der Waals surface area (Å²) >= 11 is 1.21. The van der Waals surface area contributed by atoms with Crippen LogP contribution in [0.25, 0.3) is 10.2 Å². The van der Waals surface area contributed by atoms with Crippen molar-refractivity contribution in [3.05, 3.63) is 82.3 Å². The number of hydrogen-bond acceptors (Lipinski definition) is 6. The predicted molar refractivity (Wildman–Crippen MR) is 119 cm³/mol. The fourth-order valence-electron chi connectivity index (χ4n) is 3.40. The van der Waals surface area contributed by atoms with Crippen molar-refractivity contribution in [3.8, 4) is 0 Å². The summed E-state index contributed by atoms with van der Waals surface area (Å²) < 4.78 is 0. The highest BCUT2D eigenvalue weighted by Crippen LogP contribution is 2.34. The number of carboxylic acid groups (broad SMARTS) is 1. The number of benzene rings is 1. The van der Waals surface area contributed by atoms with Crippen LogP contribution in [-0.4, -0.2) is 32.6 Å². The molecule has 0 bridgehead atoms. The normalized spacial score (nSPS) is 11.0. The molecule has 30 heavy (non-hydrogen) atoms. The number of rotatable bonds is 8. The van der Waals surface area contributed by atoms with Gasteiger partial charge in [0.05, 0.1) is 5.39 Å². The van der Waals surface area contributed by atoms with E-state index in [1.807, 2.05) is 43.5 Å². The van der Waals surface area contributed by atoms with Crippen molar-refractivity contribution in [2.24, 2.45) is 0 Å². The molecule has 2 N–H and O–H groups in total. The fourth-order valence-corrected chi connectivity index (χ4v) is 4.44. The quantitative estimate of drug-likeness (QED) is 0.437. The molecule has 4 rings (SSSR count). The van der Waals surface area contributed by atoms with Gasteiger partial charge in [-0.25, -0.2) is 14.8 Å². The largest absolute Gasteiger partial charge is 0.477 e. The van der Waals surface area contributed by atoms with E-state index in [2.05, 4.69) is 27.4 Å². The van der Waals surface area contributed by atoms with Crippen molar-refractivity contribution in [1.82, 2.24) is 15.0 Å². The third-order valence-corrected chi connectivity index (χ3v) is 6.11. The van der Waals surface area contributed by atoms with Crippen LogP contribution in [0.5, 0.6) is 0 Å². The van der Waals surface area contributed by atoms with E-state index in [9.17, 15) is 9.90 Å². The molecular weight excluding hydrogens is 396 g/mol. The number of aryl methyl sites for hydroxylation is 3. The molecule has 0 radical (unpaired) electrons. The van der Waals surface area contributed by atoms with Crippen molar-refractivity contribution < 1.29 is 9.90 Å². The number of thiophene rings is 1. The van der Waals surface area contributed by atoms with Crippen LogP contribution < -0.4 is 5.32 Å². The second-order valence-electron chi connectivity index (χ2n) is 7.05. The molecule has 0 aliphatic heterocycles. The Bertz CT molecular complexity index is 1160. The lowest BCUT2D eigenvalue weighted by Crippen LogP contribution is -2.09. The van der Waals surface area contributed by atoms with Crippen LogP contribution in [0, 0.1) is 6.92 Å². The summed E-state index contributed by atoms with van der Waals surface area (Å²) in [7, 11) is 0. The number of nitrogens with zero attached hydrogens (tertiary/aromatic N) is 3. The Labute approximate surface area is 178 Å². The monoisotopic (exact) mass is 418 g/mol. The minimum absolute atomic E-state index is 0.315. The maximum atomic E-state index is 11.6. The zero-order valence-electron chi connectivity index (χ0n) is 16.6. The minimum atomic E-state index is -0.928. The zero-order valence-corrected chi connectivity index (χ0v) is 17.4. The Morgan fingerprint density at radius 2 is 1.83 bits per heavy atom. The molecule has 0 saturated heterocycles. The Morgan fingerprint density at radius 1 is 1.03 bits per heavy atom. The molecule has 0 atom stereocenters. The van der Waals surface area contributed by atoms with Crippen molar-refractivity contribution in [2.75, 3.05) is 11.9 Å². The number of aromatic nitrogens is 3. The topological polar surface area (TPSA) is 88.0 Å². The Morgan fingerprint density at radius 3 is 2.57 bits per heavy atom. The molecule has 0 aliphatic rings. The van der Waals surface area contributed by atoms with E-state index in [1.165, 1.54) is 16.9 Å². The molecule has 3 heterocycles. The fraction of sp³-hybridized carbons (Fsp3) is 0.217. The number of pyridine rings is 1. The third kappa shape index (κ3) is 4.46. The number of nitrogens with one attached hydrogen (secondary N) is 1. The molecule has 4 aromatic rings. The van der Waals surface area contributed by atoms with Crippen molar-refractivity contribution in [2.45, 2.75) is 26.2 Å². The second kappa shape index (κ2) is 9.00. The lowest BCUT2D eigenvalue weighted by molar-refractivity contribution is 0.0701. The number of hydrogen-bond donors (Lipinski definition) is 2. The van der Waals surface area contributed by atoms with Gasteiger partial charge < -0.3 is 10.4 Å². The van der Waals surface area contributed by atoms with Crippen molar-refractivity contribution in [3.63, 3.8) is 0 Å². The Balaban J connectivity index is 1.61. The minimum Gasteiger partial charge on any atom is -0.477 e. The highest BCUT2D eigenvalue weighted by molar-refractivity contribution is 7.20. The predicted octanol–water partition coefficient (Wildman–Crippen LogP) is 4.53. The Kier molecular flexibility index (Phi) is 5.99. The molecule has 0 fully saturated rings. The molecule has 3 aromatic heterocycles. The van der Waals surface area contributed by atoms with Gasteiger partial charge in [-0.3, -0.25) is 4.98 Å². The highest BCUT2D eigenvalue weighted by atomic mass is 32.1. The highest BCUT2D eigenvalue weighted by Gasteiger charge is 2.20. The van der Waals surface area contributed by atoms with Crippen molar-refractivity contribution >= 4 is 33.3 Å². The summed E-state index contributed by atoms with van der Waals surface area (Å²) in [6.07, 6.45) is 5.93. The molecule has 0 aliphatic carbocycles. The summed E-state index contributed by atoms with van der Waals surface area (Å²) in [6, 6.07) is 14.2. The summed E-state index contributed by atoms with van der Waals surface area (Å²) in [5.74, 6) is 0.490. The van der Waals surface area contributed by atoms with E-state index >= 15 is 0 Å². The molecular formula is C23H22N4O2S. The summed E-state index contributed by atoms with van der Waals surface area (Å²) in [5.41, 5.74) is 3.06. The van der Waals surface area contributed by atoms with E-state index in [0.717, 1.165) is 23.8 Å². The van der Waals surface area contributed by atoms with E-state index < -0.39 is 5.97 Å². The van der Waals surface area contributed by atoms with Gasteiger partial charge in [0.15, 0.2) is 0 Å². The smallest absolute Gasteiger partial charge is 0.346 e. The van der Waals surface area contributed by atoms with E-state index in [-0.39, 0.29) is 0 Å². The maximum absolute atomic E-state index is 11.6. The Hall–Kier alpha value is -3.32. The first-order chi connectivity index (χ1) is 14.6. The first-order valence-electron chi connectivity index (χ1n) is 9.82. The summed E-state index contributed by atoms with van der Waals surface area (Å²) in [4.78, 5) is 26.2. The number of carboxylic acids is 1. The van der Waals surface area contributed by atoms with Gasteiger partial charge in [-0.2, -0.15) is 0 Å². The van der Waals surface area contributed by atoms with Gasteiger partial charge in [-0.05, 0) is 42.5 Å². The van der Waals surface area contributed by atoms with E-state index in [0.29, 0.717) is 39.9 Å².